The molecule has 1 aromatic rings. The van der Waals surface area contributed by atoms with Crippen LogP contribution in [-0.4, -0.2) is 17.7 Å². The summed E-state index contributed by atoms with van der Waals surface area (Å²) in [5.41, 5.74) is 0.586. The highest BCUT2D eigenvalue weighted by Gasteiger charge is 2.50. The van der Waals surface area contributed by atoms with Crippen molar-refractivity contribution >= 4 is 35.4 Å². The van der Waals surface area contributed by atoms with Crippen molar-refractivity contribution in [2.75, 3.05) is 0 Å². The van der Waals surface area contributed by atoms with E-state index in [4.69, 9.17) is 23.2 Å². The Kier molecular flexibility index (Phi) is 4.40. The van der Waals surface area contributed by atoms with E-state index in [1.54, 1.807) is 12.1 Å². The van der Waals surface area contributed by atoms with Gasteiger partial charge in [-0.05, 0) is 42.9 Å². The maximum absolute atomic E-state index is 12.7. The van der Waals surface area contributed by atoms with Gasteiger partial charge in [-0.1, -0.05) is 37.0 Å². The number of hydrogen-bond acceptors (Lipinski definition) is 2. The van der Waals surface area contributed by atoms with E-state index in [9.17, 15) is 9.59 Å². The summed E-state index contributed by atoms with van der Waals surface area (Å²) >= 11 is 12.3. The second-order valence-corrected chi connectivity index (χ2v) is 6.54. The molecule has 3 nitrogen and oxygen atoms in total. The normalized spacial score (nSPS) is 16.1. The average Bonchev–Trinajstić information content (AvgIpc) is 3.08. The molecule has 1 amide bonds. The Balaban J connectivity index is 2.44. The molecule has 0 spiro atoms. The standard InChI is InChI=1S/C15H17Cl2NO2/c1-9(2)5-10-6-11(16)7-12(17)13(10)14(20)15(3-4-15)18-8-19/h6-9H,3-5H2,1-2H3,(H,18,19). The number of nitrogens with one attached hydrogen (secondary N) is 1. The van der Waals surface area contributed by atoms with Gasteiger partial charge in [-0.2, -0.15) is 0 Å². The van der Waals surface area contributed by atoms with Gasteiger partial charge < -0.3 is 5.32 Å². The van der Waals surface area contributed by atoms with E-state index in [0.29, 0.717) is 40.8 Å². The first-order valence-electron chi connectivity index (χ1n) is 6.63. The van der Waals surface area contributed by atoms with Crippen LogP contribution in [0.2, 0.25) is 10.0 Å². The summed E-state index contributed by atoms with van der Waals surface area (Å²) in [5, 5.41) is 3.51. The fraction of sp³-hybridized carbons (Fsp3) is 0.467. The van der Waals surface area contributed by atoms with Crippen molar-refractivity contribution < 1.29 is 9.59 Å². The lowest BCUT2D eigenvalue weighted by Crippen LogP contribution is -2.39. The SMILES string of the molecule is CC(C)Cc1cc(Cl)cc(Cl)c1C(=O)C1(NC=O)CC1. The van der Waals surface area contributed by atoms with E-state index >= 15 is 0 Å². The number of amides is 1. The van der Waals surface area contributed by atoms with Gasteiger partial charge >= 0.3 is 0 Å². The van der Waals surface area contributed by atoms with Gasteiger partial charge in [0.2, 0.25) is 6.41 Å². The molecule has 1 N–H and O–H groups in total. The summed E-state index contributed by atoms with van der Waals surface area (Å²) in [4.78, 5) is 23.4. The monoisotopic (exact) mass is 313 g/mol. The number of halogens is 2. The van der Waals surface area contributed by atoms with Crippen LogP contribution in [0.25, 0.3) is 0 Å². The molecule has 20 heavy (non-hydrogen) atoms. The highest BCUT2D eigenvalue weighted by Crippen LogP contribution is 2.41. The molecule has 0 unspecified atom stereocenters. The van der Waals surface area contributed by atoms with Gasteiger partial charge in [-0.3, -0.25) is 9.59 Å². The van der Waals surface area contributed by atoms with Crippen molar-refractivity contribution in [3.63, 3.8) is 0 Å². The lowest BCUT2D eigenvalue weighted by Gasteiger charge is -2.18. The van der Waals surface area contributed by atoms with Crippen LogP contribution in [0.4, 0.5) is 0 Å². The van der Waals surface area contributed by atoms with E-state index in [2.05, 4.69) is 19.2 Å². The summed E-state index contributed by atoms with van der Waals surface area (Å²) in [6.07, 6.45) is 2.62. The number of benzene rings is 1. The molecule has 2 rings (SSSR count). The average molecular weight is 314 g/mol. The summed E-state index contributed by atoms with van der Waals surface area (Å²) in [6, 6.07) is 3.37. The molecular formula is C15H17Cl2NO2. The molecule has 0 bridgehead atoms. The zero-order valence-corrected chi connectivity index (χ0v) is 13.0. The molecule has 0 aliphatic heterocycles. The van der Waals surface area contributed by atoms with E-state index < -0.39 is 5.54 Å². The zero-order valence-electron chi connectivity index (χ0n) is 11.5. The minimum Gasteiger partial charge on any atom is -0.346 e. The molecule has 108 valence electrons. The molecule has 0 saturated heterocycles. The highest BCUT2D eigenvalue weighted by molar-refractivity contribution is 6.37. The molecule has 1 aliphatic rings. The number of ketones is 1. The van der Waals surface area contributed by atoms with Crippen LogP contribution in [0.3, 0.4) is 0 Å². The van der Waals surface area contributed by atoms with Crippen molar-refractivity contribution in [1.29, 1.82) is 0 Å². The predicted octanol–water partition coefficient (Wildman–Crippen LogP) is 3.65. The fourth-order valence-electron chi connectivity index (χ4n) is 2.40. The van der Waals surface area contributed by atoms with E-state index in [1.165, 1.54) is 0 Å². The third-order valence-corrected chi connectivity index (χ3v) is 4.03. The molecular weight excluding hydrogens is 297 g/mol. The van der Waals surface area contributed by atoms with Crippen molar-refractivity contribution in [3.8, 4) is 0 Å². The Morgan fingerprint density at radius 3 is 2.55 bits per heavy atom. The minimum atomic E-state index is -0.759. The predicted molar refractivity (Wildman–Crippen MR) is 80.5 cm³/mol. The first-order valence-corrected chi connectivity index (χ1v) is 7.39. The van der Waals surface area contributed by atoms with Gasteiger partial charge in [0, 0.05) is 10.6 Å². The molecule has 5 heteroatoms. The Morgan fingerprint density at radius 1 is 1.40 bits per heavy atom. The minimum absolute atomic E-state index is 0.109. The first-order chi connectivity index (χ1) is 9.39. The van der Waals surface area contributed by atoms with E-state index in [-0.39, 0.29) is 5.78 Å². The van der Waals surface area contributed by atoms with Crippen LogP contribution in [-0.2, 0) is 11.2 Å². The fourth-order valence-corrected chi connectivity index (χ4v) is 3.02. The second-order valence-electron chi connectivity index (χ2n) is 5.69. The van der Waals surface area contributed by atoms with Gasteiger partial charge in [-0.15, -0.1) is 0 Å². The lowest BCUT2D eigenvalue weighted by molar-refractivity contribution is -0.110. The van der Waals surface area contributed by atoms with Crippen molar-refractivity contribution in [1.82, 2.24) is 5.32 Å². The molecule has 1 fully saturated rings. The van der Waals surface area contributed by atoms with Crippen molar-refractivity contribution in [3.05, 3.63) is 33.3 Å². The topological polar surface area (TPSA) is 46.2 Å². The Morgan fingerprint density at radius 2 is 2.05 bits per heavy atom. The number of carbonyl (C=O) groups excluding carboxylic acids is 2. The van der Waals surface area contributed by atoms with Crippen LogP contribution in [0, 0.1) is 5.92 Å². The molecule has 1 aromatic carbocycles. The number of Topliss-reactive ketones (excluding diaryl/α,β-unsaturated/α-hetero) is 1. The molecule has 0 radical (unpaired) electrons. The Labute approximate surface area is 128 Å². The number of rotatable bonds is 6. The largest absolute Gasteiger partial charge is 0.346 e. The highest BCUT2D eigenvalue weighted by atomic mass is 35.5. The van der Waals surface area contributed by atoms with Gasteiger partial charge in [0.15, 0.2) is 5.78 Å². The van der Waals surface area contributed by atoms with Crippen molar-refractivity contribution in [2.24, 2.45) is 5.92 Å². The first kappa shape index (κ1) is 15.3. The van der Waals surface area contributed by atoms with Crippen LogP contribution >= 0.6 is 23.2 Å². The number of carbonyl (C=O) groups is 2. The van der Waals surface area contributed by atoms with E-state index in [1.807, 2.05) is 0 Å². The molecule has 1 saturated carbocycles. The maximum Gasteiger partial charge on any atom is 0.207 e. The van der Waals surface area contributed by atoms with Gasteiger partial charge in [0.25, 0.3) is 0 Å². The zero-order chi connectivity index (χ0) is 14.9. The molecule has 0 heterocycles. The van der Waals surface area contributed by atoms with Crippen LogP contribution in [0.5, 0.6) is 0 Å². The van der Waals surface area contributed by atoms with Crippen LogP contribution < -0.4 is 5.32 Å². The van der Waals surface area contributed by atoms with Crippen molar-refractivity contribution in [2.45, 2.75) is 38.6 Å². The van der Waals surface area contributed by atoms with Crippen LogP contribution in [0.15, 0.2) is 12.1 Å². The van der Waals surface area contributed by atoms with E-state index in [0.717, 1.165) is 12.0 Å². The summed E-state index contributed by atoms with van der Waals surface area (Å²) < 4.78 is 0. The third-order valence-electron chi connectivity index (χ3n) is 3.51. The lowest BCUT2D eigenvalue weighted by atomic mass is 9.92. The molecule has 0 atom stereocenters. The number of hydrogen-bond donors (Lipinski definition) is 1. The summed E-state index contributed by atoms with van der Waals surface area (Å²) in [6.45, 7) is 4.14. The van der Waals surface area contributed by atoms with Gasteiger partial charge in [-0.25, -0.2) is 0 Å². The van der Waals surface area contributed by atoms with Gasteiger partial charge in [0.05, 0.1) is 5.02 Å². The smallest absolute Gasteiger partial charge is 0.207 e. The summed E-state index contributed by atoms with van der Waals surface area (Å²) in [7, 11) is 0. The second kappa shape index (κ2) is 5.74. The quantitative estimate of drug-likeness (QED) is 0.643. The summed E-state index contributed by atoms with van der Waals surface area (Å²) in [5.74, 6) is 0.271. The molecule has 1 aliphatic carbocycles. The third kappa shape index (κ3) is 2.99. The Hall–Kier alpha value is -1.06. The van der Waals surface area contributed by atoms with Crippen LogP contribution in [0.1, 0.15) is 42.6 Å². The van der Waals surface area contributed by atoms with Gasteiger partial charge in [0.1, 0.15) is 5.54 Å². The maximum atomic E-state index is 12.7. The molecule has 0 aromatic heterocycles. The Bertz CT molecular complexity index is 551.